The topological polar surface area (TPSA) is 59.9 Å². The van der Waals surface area contributed by atoms with E-state index >= 15 is 0 Å². The van der Waals surface area contributed by atoms with Gasteiger partial charge in [-0.05, 0) is 43.3 Å². The number of hydrogen-bond acceptors (Lipinski definition) is 4. The molecule has 1 N–H and O–H groups in total. The van der Waals surface area contributed by atoms with Crippen molar-refractivity contribution >= 4 is 11.6 Å². The van der Waals surface area contributed by atoms with Gasteiger partial charge >= 0.3 is 0 Å². The number of nitrogens with one attached hydrogen (secondary N) is 1. The van der Waals surface area contributed by atoms with Gasteiger partial charge in [0.1, 0.15) is 11.5 Å². The number of hydrogen-bond donors (Lipinski definition) is 1. The Labute approximate surface area is 129 Å². The molecule has 0 heterocycles. The van der Waals surface area contributed by atoms with Gasteiger partial charge in [-0.2, -0.15) is 5.10 Å². The highest BCUT2D eigenvalue weighted by molar-refractivity contribution is 6.01. The molecule has 5 nitrogen and oxygen atoms in total. The first-order valence-corrected chi connectivity index (χ1v) is 6.77. The first kappa shape index (κ1) is 15.6. The average Bonchev–Trinajstić information content (AvgIpc) is 2.59. The van der Waals surface area contributed by atoms with Crippen molar-refractivity contribution in [3.8, 4) is 11.5 Å². The molecule has 2 aromatic rings. The standard InChI is InChI=1S/C17H18N2O3/c1-12(14-5-4-6-16(11-14)22-3)18-19-17(20)13-7-9-15(21-2)10-8-13/h4-11H,1-3H3,(H,19,20)/b18-12+. The minimum Gasteiger partial charge on any atom is -0.497 e. The molecule has 0 saturated heterocycles. The largest absolute Gasteiger partial charge is 0.497 e. The van der Waals surface area contributed by atoms with E-state index in [1.54, 1.807) is 38.5 Å². The second-order valence-electron chi connectivity index (χ2n) is 4.60. The van der Waals surface area contributed by atoms with E-state index < -0.39 is 0 Å². The third-order valence-electron chi connectivity index (χ3n) is 3.16. The monoisotopic (exact) mass is 298 g/mol. The summed E-state index contributed by atoms with van der Waals surface area (Å²) in [4.78, 5) is 12.0. The molecule has 1 amide bonds. The van der Waals surface area contributed by atoms with Crippen LogP contribution in [0.15, 0.2) is 53.6 Å². The van der Waals surface area contributed by atoms with Crippen LogP contribution in [0.25, 0.3) is 0 Å². The Hall–Kier alpha value is -2.82. The van der Waals surface area contributed by atoms with Crippen molar-refractivity contribution in [2.45, 2.75) is 6.92 Å². The smallest absolute Gasteiger partial charge is 0.271 e. The second kappa shape index (κ2) is 7.26. The maximum Gasteiger partial charge on any atom is 0.271 e. The van der Waals surface area contributed by atoms with Crippen molar-refractivity contribution in [2.24, 2.45) is 5.10 Å². The highest BCUT2D eigenvalue weighted by Crippen LogP contribution is 2.13. The predicted octanol–water partition coefficient (Wildman–Crippen LogP) is 2.86. The Morgan fingerprint density at radius 3 is 2.27 bits per heavy atom. The van der Waals surface area contributed by atoms with Gasteiger partial charge < -0.3 is 9.47 Å². The van der Waals surface area contributed by atoms with Crippen molar-refractivity contribution in [3.63, 3.8) is 0 Å². The Bertz CT molecular complexity index is 679. The van der Waals surface area contributed by atoms with Crippen LogP contribution in [0.1, 0.15) is 22.8 Å². The van der Waals surface area contributed by atoms with E-state index in [0.29, 0.717) is 17.0 Å². The zero-order chi connectivity index (χ0) is 15.9. The summed E-state index contributed by atoms with van der Waals surface area (Å²) < 4.78 is 10.2. The van der Waals surface area contributed by atoms with E-state index in [2.05, 4.69) is 10.5 Å². The van der Waals surface area contributed by atoms with Crippen LogP contribution >= 0.6 is 0 Å². The molecular formula is C17H18N2O3. The number of carbonyl (C=O) groups excluding carboxylic acids is 1. The SMILES string of the molecule is COc1ccc(C(=O)N/N=C(\C)c2cccc(OC)c2)cc1. The Balaban J connectivity index is 2.07. The number of ether oxygens (including phenoxy) is 2. The fourth-order valence-corrected chi connectivity index (χ4v) is 1.85. The Morgan fingerprint density at radius 1 is 0.955 bits per heavy atom. The highest BCUT2D eigenvalue weighted by Gasteiger charge is 2.05. The van der Waals surface area contributed by atoms with Gasteiger partial charge in [-0.1, -0.05) is 12.1 Å². The summed E-state index contributed by atoms with van der Waals surface area (Å²) in [6.45, 7) is 1.82. The van der Waals surface area contributed by atoms with Gasteiger partial charge in [0.05, 0.1) is 19.9 Å². The van der Waals surface area contributed by atoms with Crippen molar-refractivity contribution < 1.29 is 14.3 Å². The minimum atomic E-state index is -0.273. The summed E-state index contributed by atoms with van der Waals surface area (Å²) in [6.07, 6.45) is 0. The fraction of sp³-hybridized carbons (Fsp3) is 0.176. The molecule has 114 valence electrons. The minimum absolute atomic E-state index is 0.273. The van der Waals surface area contributed by atoms with E-state index in [1.165, 1.54) is 0 Å². The summed E-state index contributed by atoms with van der Waals surface area (Å²) in [5.41, 5.74) is 4.64. The van der Waals surface area contributed by atoms with Crippen LogP contribution in [-0.4, -0.2) is 25.8 Å². The molecule has 0 spiro atoms. The molecule has 0 bridgehead atoms. The van der Waals surface area contributed by atoms with Gasteiger partial charge in [0.15, 0.2) is 0 Å². The van der Waals surface area contributed by atoms with Crippen LogP contribution in [-0.2, 0) is 0 Å². The third-order valence-corrected chi connectivity index (χ3v) is 3.16. The van der Waals surface area contributed by atoms with Crippen LogP contribution in [0, 0.1) is 0 Å². The fourth-order valence-electron chi connectivity index (χ4n) is 1.85. The van der Waals surface area contributed by atoms with Gasteiger partial charge in [0.25, 0.3) is 5.91 Å². The van der Waals surface area contributed by atoms with Gasteiger partial charge in [-0.25, -0.2) is 5.43 Å². The maximum atomic E-state index is 12.0. The molecule has 2 rings (SSSR count). The lowest BCUT2D eigenvalue weighted by Crippen LogP contribution is -2.19. The molecule has 0 aliphatic rings. The lowest BCUT2D eigenvalue weighted by molar-refractivity contribution is 0.0955. The molecule has 0 radical (unpaired) electrons. The molecule has 5 heteroatoms. The van der Waals surface area contributed by atoms with Crippen LogP contribution in [0.3, 0.4) is 0 Å². The Morgan fingerprint density at radius 2 is 1.64 bits per heavy atom. The molecule has 22 heavy (non-hydrogen) atoms. The second-order valence-corrected chi connectivity index (χ2v) is 4.60. The third kappa shape index (κ3) is 3.85. The molecule has 0 aliphatic carbocycles. The van der Waals surface area contributed by atoms with Gasteiger partial charge in [-0.3, -0.25) is 4.79 Å². The number of carbonyl (C=O) groups is 1. The molecule has 0 aromatic heterocycles. The molecule has 2 aromatic carbocycles. The van der Waals surface area contributed by atoms with Gasteiger partial charge in [-0.15, -0.1) is 0 Å². The first-order valence-electron chi connectivity index (χ1n) is 6.77. The lowest BCUT2D eigenvalue weighted by atomic mass is 10.1. The predicted molar refractivity (Wildman–Crippen MR) is 85.7 cm³/mol. The van der Waals surface area contributed by atoms with E-state index in [1.807, 2.05) is 31.2 Å². The number of hydrazone groups is 1. The number of methoxy groups -OCH3 is 2. The summed E-state index contributed by atoms with van der Waals surface area (Å²) in [6, 6.07) is 14.3. The molecule has 0 unspecified atom stereocenters. The number of rotatable bonds is 5. The quantitative estimate of drug-likeness (QED) is 0.682. The zero-order valence-electron chi connectivity index (χ0n) is 12.8. The number of amides is 1. The highest BCUT2D eigenvalue weighted by atomic mass is 16.5. The van der Waals surface area contributed by atoms with Gasteiger partial charge in [0.2, 0.25) is 0 Å². The van der Waals surface area contributed by atoms with E-state index in [0.717, 1.165) is 11.3 Å². The van der Waals surface area contributed by atoms with E-state index in [9.17, 15) is 4.79 Å². The van der Waals surface area contributed by atoms with E-state index in [-0.39, 0.29) is 5.91 Å². The summed E-state index contributed by atoms with van der Waals surface area (Å²) >= 11 is 0. The molecule has 0 aliphatic heterocycles. The number of benzene rings is 2. The van der Waals surface area contributed by atoms with Crippen LogP contribution in [0.4, 0.5) is 0 Å². The van der Waals surface area contributed by atoms with Gasteiger partial charge in [0, 0.05) is 11.1 Å². The molecule has 0 saturated carbocycles. The average molecular weight is 298 g/mol. The van der Waals surface area contributed by atoms with Crippen molar-refractivity contribution in [1.82, 2.24) is 5.43 Å². The summed E-state index contributed by atoms with van der Waals surface area (Å²) in [5.74, 6) is 1.17. The lowest BCUT2D eigenvalue weighted by Gasteiger charge is -2.05. The molecule has 0 atom stereocenters. The zero-order valence-corrected chi connectivity index (χ0v) is 12.8. The molecule has 0 fully saturated rings. The van der Waals surface area contributed by atoms with Crippen LogP contribution in [0.2, 0.25) is 0 Å². The van der Waals surface area contributed by atoms with Crippen molar-refractivity contribution in [2.75, 3.05) is 14.2 Å². The first-order chi connectivity index (χ1) is 10.6. The van der Waals surface area contributed by atoms with Crippen LogP contribution < -0.4 is 14.9 Å². The van der Waals surface area contributed by atoms with E-state index in [4.69, 9.17) is 9.47 Å². The molecular weight excluding hydrogens is 280 g/mol. The summed E-state index contributed by atoms with van der Waals surface area (Å²) in [7, 11) is 3.19. The summed E-state index contributed by atoms with van der Waals surface area (Å²) in [5, 5.41) is 4.12. The number of nitrogens with zero attached hydrogens (tertiary/aromatic N) is 1. The Kier molecular flexibility index (Phi) is 5.14. The maximum absolute atomic E-state index is 12.0. The normalized spacial score (nSPS) is 11.0. The van der Waals surface area contributed by atoms with Crippen molar-refractivity contribution in [1.29, 1.82) is 0 Å². The van der Waals surface area contributed by atoms with Crippen molar-refractivity contribution in [3.05, 3.63) is 59.7 Å². The van der Waals surface area contributed by atoms with Crippen LogP contribution in [0.5, 0.6) is 11.5 Å².